The second kappa shape index (κ2) is 8.94. The van der Waals surface area contributed by atoms with Crippen molar-refractivity contribution in [3.05, 3.63) is 47.5 Å². The van der Waals surface area contributed by atoms with Crippen molar-refractivity contribution in [1.29, 1.82) is 0 Å². The van der Waals surface area contributed by atoms with E-state index in [1.807, 2.05) is 0 Å². The molecule has 3 rings (SSSR count). The molecule has 1 amide bonds. The van der Waals surface area contributed by atoms with Crippen LogP contribution < -0.4 is 14.8 Å². The van der Waals surface area contributed by atoms with Gasteiger partial charge in [-0.15, -0.1) is 0 Å². The van der Waals surface area contributed by atoms with Gasteiger partial charge in [0.25, 0.3) is 5.91 Å². The Morgan fingerprint density at radius 2 is 1.74 bits per heavy atom. The van der Waals surface area contributed by atoms with E-state index in [1.165, 1.54) is 45.3 Å². The lowest BCUT2D eigenvalue weighted by atomic mass is 10.2. The standard InChI is InChI=1S/C21H24N2O7S/c1-13-5-7-16(31(26,27)23(3)4)12-17(13)22-20(24)14(2)30-21(25)15-6-8-18-19(11-15)29-10-9-28-18/h5-8,11-12,14H,9-10H2,1-4H3,(H,22,24)/t14-/m1/s1. The molecule has 2 aromatic rings. The van der Waals surface area contributed by atoms with Gasteiger partial charge in [0.05, 0.1) is 10.5 Å². The molecular formula is C21H24N2O7S. The van der Waals surface area contributed by atoms with Crippen molar-refractivity contribution in [1.82, 2.24) is 4.31 Å². The molecule has 0 spiro atoms. The number of esters is 1. The molecule has 31 heavy (non-hydrogen) atoms. The first-order chi connectivity index (χ1) is 14.6. The third kappa shape index (κ3) is 4.97. The molecule has 0 bridgehead atoms. The average Bonchev–Trinajstić information content (AvgIpc) is 2.74. The molecule has 1 atom stereocenters. The molecule has 1 aliphatic heterocycles. The lowest BCUT2D eigenvalue weighted by Gasteiger charge is -2.19. The summed E-state index contributed by atoms with van der Waals surface area (Å²) in [5, 5.41) is 2.62. The van der Waals surface area contributed by atoms with Crippen molar-refractivity contribution in [2.75, 3.05) is 32.6 Å². The topological polar surface area (TPSA) is 111 Å². The van der Waals surface area contributed by atoms with Crippen LogP contribution >= 0.6 is 0 Å². The number of nitrogens with zero attached hydrogens (tertiary/aromatic N) is 1. The summed E-state index contributed by atoms with van der Waals surface area (Å²) in [6, 6.07) is 9.07. The molecule has 0 aromatic heterocycles. The summed E-state index contributed by atoms with van der Waals surface area (Å²) in [7, 11) is -0.813. The fourth-order valence-corrected chi connectivity index (χ4v) is 3.72. The number of ether oxygens (including phenoxy) is 3. The van der Waals surface area contributed by atoms with E-state index in [0.29, 0.717) is 36.0 Å². The number of hydrogen-bond acceptors (Lipinski definition) is 7. The Bertz CT molecular complexity index is 1110. The zero-order chi connectivity index (χ0) is 22.8. The van der Waals surface area contributed by atoms with Crippen LogP contribution in [0.25, 0.3) is 0 Å². The number of sulfonamides is 1. The Morgan fingerprint density at radius 3 is 2.42 bits per heavy atom. The van der Waals surface area contributed by atoms with Gasteiger partial charge in [-0.05, 0) is 49.7 Å². The van der Waals surface area contributed by atoms with E-state index in [2.05, 4.69) is 5.32 Å². The van der Waals surface area contributed by atoms with Crippen LogP contribution in [0.15, 0.2) is 41.3 Å². The Balaban J connectivity index is 1.70. The van der Waals surface area contributed by atoms with E-state index in [0.717, 1.165) is 4.31 Å². The van der Waals surface area contributed by atoms with Crippen molar-refractivity contribution < 1.29 is 32.2 Å². The van der Waals surface area contributed by atoms with Crippen LogP contribution in [-0.4, -0.2) is 58.0 Å². The molecule has 9 nitrogen and oxygen atoms in total. The van der Waals surface area contributed by atoms with Gasteiger partial charge >= 0.3 is 5.97 Å². The highest BCUT2D eigenvalue weighted by molar-refractivity contribution is 7.89. The second-order valence-corrected chi connectivity index (χ2v) is 9.31. The van der Waals surface area contributed by atoms with Crippen molar-refractivity contribution >= 4 is 27.6 Å². The van der Waals surface area contributed by atoms with Crippen LogP contribution in [-0.2, 0) is 19.6 Å². The number of rotatable bonds is 6. The number of amides is 1. The van der Waals surface area contributed by atoms with E-state index in [9.17, 15) is 18.0 Å². The maximum atomic E-state index is 12.6. The average molecular weight is 448 g/mol. The Morgan fingerprint density at radius 1 is 1.06 bits per heavy atom. The maximum absolute atomic E-state index is 12.6. The Labute approximate surface area is 181 Å². The summed E-state index contributed by atoms with van der Waals surface area (Å²) in [6.45, 7) is 3.98. The zero-order valence-corrected chi connectivity index (χ0v) is 18.5. The van der Waals surface area contributed by atoms with Crippen molar-refractivity contribution in [3.63, 3.8) is 0 Å². The molecule has 1 aliphatic rings. The first-order valence-electron chi connectivity index (χ1n) is 9.54. The van der Waals surface area contributed by atoms with Crippen LogP contribution in [0.5, 0.6) is 11.5 Å². The van der Waals surface area contributed by atoms with Crippen LogP contribution in [0.2, 0.25) is 0 Å². The monoisotopic (exact) mass is 448 g/mol. The number of hydrogen-bond donors (Lipinski definition) is 1. The number of nitrogens with one attached hydrogen (secondary N) is 1. The summed E-state index contributed by atoms with van der Waals surface area (Å²) in [5.41, 5.74) is 1.20. The minimum Gasteiger partial charge on any atom is -0.486 e. The molecule has 2 aromatic carbocycles. The number of aryl methyl sites for hydroxylation is 1. The van der Waals surface area contributed by atoms with Gasteiger partial charge in [-0.2, -0.15) is 0 Å². The fourth-order valence-electron chi connectivity index (χ4n) is 2.79. The number of fused-ring (bicyclic) bond motifs is 1. The van der Waals surface area contributed by atoms with Gasteiger partial charge in [-0.1, -0.05) is 6.07 Å². The quantitative estimate of drug-likeness (QED) is 0.675. The van der Waals surface area contributed by atoms with E-state index in [1.54, 1.807) is 19.1 Å². The van der Waals surface area contributed by atoms with Gasteiger partial charge in [-0.25, -0.2) is 17.5 Å². The number of anilines is 1. The summed E-state index contributed by atoms with van der Waals surface area (Å²) in [5.74, 6) is -0.308. The lowest BCUT2D eigenvalue weighted by Crippen LogP contribution is -2.30. The minimum absolute atomic E-state index is 0.0410. The number of carbonyl (C=O) groups is 2. The smallest absolute Gasteiger partial charge is 0.339 e. The predicted molar refractivity (Wildman–Crippen MR) is 113 cm³/mol. The molecule has 166 valence electrons. The highest BCUT2D eigenvalue weighted by Gasteiger charge is 2.23. The molecule has 0 saturated heterocycles. The summed E-state index contributed by atoms with van der Waals surface area (Å²) < 4.78 is 41.9. The molecule has 0 fully saturated rings. The molecule has 1 heterocycles. The SMILES string of the molecule is Cc1ccc(S(=O)(=O)N(C)C)cc1NC(=O)[C@@H](C)OC(=O)c1ccc2c(c1)OCCO2. The normalized spacial score (nSPS) is 14.1. The first kappa shape index (κ1) is 22.6. The molecular weight excluding hydrogens is 424 g/mol. The Hall–Kier alpha value is -3.11. The fraction of sp³-hybridized carbons (Fsp3) is 0.333. The second-order valence-electron chi connectivity index (χ2n) is 7.16. The van der Waals surface area contributed by atoms with Gasteiger partial charge in [-0.3, -0.25) is 4.79 Å². The molecule has 0 saturated carbocycles. The van der Waals surface area contributed by atoms with Crippen LogP contribution in [0, 0.1) is 6.92 Å². The third-order valence-electron chi connectivity index (χ3n) is 4.68. The maximum Gasteiger partial charge on any atom is 0.339 e. The molecule has 0 aliphatic carbocycles. The molecule has 0 radical (unpaired) electrons. The van der Waals surface area contributed by atoms with Gasteiger partial charge in [0.15, 0.2) is 17.6 Å². The van der Waals surface area contributed by atoms with Gasteiger partial charge in [0.1, 0.15) is 13.2 Å². The number of benzene rings is 2. The van der Waals surface area contributed by atoms with Crippen LogP contribution in [0.1, 0.15) is 22.8 Å². The van der Waals surface area contributed by atoms with Gasteiger partial charge in [0, 0.05) is 19.8 Å². The van der Waals surface area contributed by atoms with E-state index >= 15 is 0 Å². The van der Waals surface area contributed by atoms with E-state index in [-0.39, 0.29) is 10.5 Å². The van der Waals surface area contributed by atoms with Crippen molar-refractivity contribution in [3.8, 4) is 11.5 Å². The van der Waals surface area contributed by atoms with Crippen LogP contribution in [0.3, 0.4) is 0 Å². The molecule has 1 N–H and O–H groups in total. The zero-order valence-electron chi connectivity index (χ0n) is 17.7. The minimum atomic E-state index is -3.66. The largest absolute Gasteiger partial charge is 0.486 e. The Kier molecular flexibility index (Phi) is 6.51. The van der Waals surface area contributed by atoms with E-state index in [4.69, 9.17) is 14.2 Å². The van der Waals surface area contributed by atoms with E-state index < -0.39 is 28.0 Å². The number of carbonyl (C=O) groups excluding carboxylic acids is 2. The summed E-state index contributed by atoms with van der Waals surface area (Å²) in [6.07, 6.45) is -1.12. The summed E-state index contributed by atoms with van der Waals surface area (Å²) in [4.78, 5) is 25.0. The van der Waals surface area contributed by atoms with Crippen molar-refractivity contribution in [2.45, 2.75) is 24.8 Å². The highest BCUT2D eigenvalue weighted by atomic mass is 32.2. The highest BCUT2D eigenvalue weighted by Crippen LogP contribution is 2.31. The van der Waals surface area contributed by atoms with Gasteiger partial charge < -0.3 is 19.5 Å². The van der Waals surface area contributed by atoms with Crippen LogP contribution in [0.4, 0.5) is 5.69 Å². The first-order valence-corrected chi connectivity index (χ1v) is 11.0. The van der Waals surface area contributed by atoms with Crippen molar-refractivity contribution in [2.24, 2.45) is 0 Å². The van der Waals surface area contributed by atoms with Gasteiger partial charge in [0.2, 0.25) is 10.0 Å². The molecule has 10 heteroatoms. The molecule has 0 unspecified atom stereocenters. The lowest BCUT2D eigenvalue weighted by molar-refractivity contribution is -0.123. The predicted octanol–water partition coefficient (Wildman–Crippen LogP) is 2.20. The third-order valence-corrected chi connectivity index (χ3v) is 6.49. The summed E-state index contributed by atoms with van der Waals surface area (Å²) >= 11 is 0.